The Hall–Kier alpha value is -0.730. The van der Waals surface area contributed by atoms with Crippen LogP contribution in [-0.4, -0.2) is 6.61 Å². The summed E-state index contributed by atoms with van der Waals surface area (Å²) in [4.78, 5) is 0. The molecule has 0 aliphatic heterocycles. The van der Waals surface area contributed by atoms with Crippen LogP contribution in [0.4, 0.5) is 0 Å². The van der Waals surface area contributed by atoms with Gasteiger partial charge in [-0.2, -0.15) is 0 Å². The summed E-state index contributed by atoms with van der Waals surface area (Å²) in [5.74, 6) is 0.930. The first-order valence-corrected chi connectivity index (χ1v) is 5.26. The molecule has 2 nitrogen and oxygen atoms in total. The maximum atomic E-state index is 5.90. The molecule has 3 heteroatoms. The van der Waals surface area contributed by atoms with Crippen LogP contribution >= 0.6 is 12.4 Å². The number of ether oxygens (including phenoxy) is 1. The van der Waals surface area contributed by atoms with E-state index in [-0.39, 0.29) is 18.4 Å². The maximum absolute atomic E-state index is 5.90. The molecule has 0 fully saturated rings. The fourth-order valence-electron chi connectivity index (χ4n) is 1.27. The third-order valence-corrected chi connectivity index (χ3v) is 2.22. The van der Waals surface area contributed by atoms with Gasteiger partial charge in [-0.05, 0) is 30.5 Å². The number of hydrogen-bond donors (Lipinski definition) is 1. The molecule has 2 N–H and O–H groups in total. The van der Waals surface area contributed by atoms with Crippen molar-refractivity contribution in [3.63, 3.8) is 0 Å². The second-order valence-corrected chi connectivity index (χ2v) is 3.43. The first-order valence-electron chi connectivity index (χ1n) is 5.26. The van der Waals surface area contributed by atoms with Crippen molar-refractivity contribution in [3.05, 3.63) is 29.8 Å². The van der Waals surface area contributed by atoms with Crippen LogP contribution in [0.15, 0.2) is 24.3 Å². The Morgan fingerprint density at radius 3 is 2.27 bits per heavy atom. The average molecular weight is 230 g/mol. The van der Waals surface area contributed by atoms with Gasteiger partial charge in [0.05, 0.1) is 6.61 Å². The zero-order chi connectivity index (χ0) is 10.4. The van der Waals surface area contributed by atoms with Crippen molar-refractivity contribution in [2.75, 3.05) is 6.61 Å². The topological polar surface area (TPSA) is 35.2 Å². The van der Waals surface area contributed by atoms with E-state index in [0.29, 0.717) is 0 Å². The van der Waals surface area contributed by atoms with Gasteiger partial charge in [0.1, 0.15) is 5.75 Å². The van der Waals surface area contributed by atoms with Crippen molar-refractivity contribution >= 4 is 12.4 Å². The lowest BCUT2D eigenvalue weighted by Crippen LogP contribution is -2.08. The predicted octanol–water partition coefficient (Wildman–Crippen LogP) is 3.31. The first-order chi connectivity index (χ1) is 6.77. The fourth-order valence-corrected chi connectivity index (χ4v) is 1.27. The van der Waals surface area contributed by atoms with Crippen LogP contribution in [-0.2, 0) is 0 Å². The molecule has 1 aromatic rings. The van der Waals surface area contributed by atoms with Crippen LogP contribution in [0.25, 0.3) is 0 Å². The number of nitrogens with two attached hydrogens (primary N) is 1. The SMILES string of the molecule is CCCOc1ccc(C(N)CC)cc1.Cl. The van der Waals surface area contributed by atoms with E-state index >= 15 is 0 Å². The molecule has 1 unspecified atom stereocenters. The van der Waals surface area contributed by atoms with Crippen molar-refractivity contribution < 1.29 is 4.74 Å². The summed E-state index contributed by atoms with van der Waals surface area (Å²) in [7, 11) is 0. The van der Waals surface area contributed by atoms with Crippen LogP contribution in [0.3, 0.4) is 0 Å². The zero-order valence-electron chi connectivity index (χ0n) is 9.40. The first kappa shape index (κ1) is 14.3. The molecule has 1 atom stereocenters. The second-order valence-electron chi connectivity index (χ2n) is 3.43. The highest BCUT2D eigenvalue weighted by Crippen LogP contribution is 2.18. The maximum Gasteiger partial charge on any atom is 0.119 e. The number of benzene rings is 1. The normalized spacial score (nSPS) is 11.7. The molecule has 1 rings (SSSR count). The van der Waals surface area contributed by atoms with Crippen LogP contribution in [0, 0.1) is 0 Å². The van der Waals surface area contributed by atoms with Crippen molar-refractivity contribution in [3.8, 4) is 5.75 Å². The monoisotopic (exact) mass is 229 g/mol. The van der Waals surface area contributed by atoms with Crippen LogP contribution in [0.5, 0.6) is 5.75 Å². The molecular weight excluding hydrogens is 210 g/mol. The van der Waals surface area contributed by atoms with Gasteiger partial charge in [-0.1, -0.05) is 26.0 Å². The molecule has 0 saturated heterocycles. The van der Waals surface area contributed by atoms with E-state index in [4.69, 9.17) is 10.5 Å². The molecule has 15 heavy (non-hydrogen) atoms. The number of rotatable bonds is 5. The van der Waals surface area contributed by atoms with E-state index in [1.54, 1.807) is 0 Å². The molecule has 86 valence electrons. The van der Waals surface area contributed by atoms with Crippen molar-refractivity contribution in [2.24, 2.45) is 5.73 Å². The molecule has 0 aromatic heterocycles. The lowest BCUT2D eigenvalue weighted by atomic mass is 10.1. The van der Waals surface area contributed by atoms with E-state index in [9.17, 15) is 0 Å². The number of hydrogen-bond acceptors (Lipinski definition) is 2. The summed E-state index contributed by atoms with van der Waals surface area (Å²) in [6, 6.07) is 8.20. The highest BCUT2D eigenvalue weighted by atomic mass is 35.5. The van der Waals surface area contributed by atoms with Gasteiger partial charge in [0.2, 0.25) is 0 Å². The summed E-state index contributed by atoms with van der Waals surface area (Å²) in [5, 5.41) is 0. The average Bonchev–Trinajstić information content (AvgIpc) is 2.26. The van der Waals surface area contributed by atoms with Gasteiger partial charge in [-0.15, -0.1) is 12.4 Å². The highest BCUT2D eigenvalue weighted by molar-refractivity contribution is 5.85. The molecule has 0 saturated carbocycles. The lowest BCUT2D eigenvalue weighted by Gasteiger charge is -2.10. The smallest absolute Gasteiger partial charge is 0.119 e. The summed E-state index contributed by atoms with van der Waals surface area (Å²) < 4.78 is 5.48. The minimum atomic E-state index is 0. The Morgan fingerprint density at radius 1 is 1.20 bits per heavy atom. The van der Waals surface area contributed by atoms with E-state index in [2.05, 4.69) is 13.8 Å². The Bertz CT molecular complexity index is 261. The third-order valence-electron chi connectivity index (χ3n) is 2.22. The summed E-state index contributed by atoms with van der Waals surface area (Å²) >= 11 is 0. The number of halogens is 1. The van der Waals surface area contributed by atoms with Gasteiger partial charge in [0.25, 0.3) is 0 Å². The lowest BCUT2D eigenvalue weighted by molar-refractivity contribution is 0.317. The van der Waals surface area contributed by atoms with Gasteiger partial charge < -0.3 is 10.5 Å². The standard InChI is InChI=1S/C12H19NO.ClH/c1-3-9-14-11-7-5-10(6-8-11)12(13)4-2;/h5-8,12H,3-4,9,13H2,1-2H3;1H. The third kappa shape index (κ3) is 4.54. The van der Waals surface area contributed by atoms with E-state index in [1.807, 2.05) is 24.3 Å². The van der Waals surface area contributed by atoms with Crippen molar-refractivity contribution in [1.82, 2.24) is 0 Å². The second kappa shape index (κ2) is 7.55. The molecule has 0 heterocycles. The molecular formula is C12H20ClNO. The zero-order valence-corrected chi connectivity index (χ0v) is 10.2. The van der Waals surface area contributed by atoms with E-state index in [1.165, 1.54) is 5.56 Å². The molecule has 0 amide bonds. The van der Waals surface area contributed by atoms with Crippen molar-refractivity contribution in [2.45, 2.75) is 32.7 Å². The fraction of sp³-hybridized carbons (Fsp3) is 0.500. The molecule has 0 bridgehead atoms. The highest BCUT2D eigenvalue weighted by Gasteiger charge is 2.02. The molecule has 0 radical (unpaired) electrons. The van der Waals surface area contributed by atoms with E-state index in [0.717, 1.165) is 25.2 Å². The van der Waals surface area contributed by atoms with Gasteiger partial charge in [0.15, 0.2) is 0 Å². The quantitative estimate of drug-likeness (QED) is 0.841. The summed E-state index contributed by atoms with van der Waals surface area (Å²) in [6.07, 6.45) is 2.01. The van der Waals surface area contributed by atoms with Crippen LogP contribution in [0.2, 0.25) is 0 Å². The molecule has 0 spiro atoms. The minimum Gasteiger partial charge on any atom is -0.494 e. The van der Waals surface area contributed by atoms with Gasteiger partial charge in [-0.25, -0.2) is 0 Å². The Morgan fingerprint density at radius 2 is 1.80 bits per heavy atom. The molecule has 1 aromatic carbocycles. The summed E-state index contributed by atoms with van der Waals surface area (Å²) in [5.41, 5.74) is 7.08. The Balaban J connectivity index is 0.00000196. The predicted molar refractivity (Wildman–Crippen MR) is 66.7 cm³/mol. The van der Waals surface area contributed by atoms with Gasteiger partial charge >= 0.3 is 0 Å². The Kier molecular flexibility index (Phi) is 7.18. The molecule has 0 aliphatic carbocycles. The van der Waals surface area contributed by atoms with Crippen molar-refractivity contribution in [1.29, 1.82) is 0 Å². The minimum absolute atomic E-state index is 0. The van der Waals surface area contributed by atoms with Gasteiger partial charge in [-0.3, -0.25) is 0 Å². The van der Waals surface area contributed by atoms with Gasteiger partial charge in [0, 0.05) is 6.04 Å². The summed E-state index contributed by atoms with van der Waals surface area (Å²) in [6.45, 7) is 4.96. The van der Waals surface area contributed by atoms with E-state index < -0.39 is 0 Å². The Labute approximate surface area is 98.2 Å². The largest absolute Gasteiger partial charge is 0.494 e. The van der Waals surface area contributed by atoms with Crippen LogP contribution < -0.4 is 10.5 Å². The molecule has 0 aliphatic rings. The van der Waals surface area contributed by atoms with Crippen LogP contribution in [0.1, 0.15) is 38.3 Å².